The summed E-state index contributed by atoms with van der Waals surface area (Å²) in [7, 11) is 0. The molecule has 1 amide bonds. The van der Waals surface area contributed by atoms with Crippen LogP contribution in [0, 0.1) is 18.4 Å². The van der Waals surface area contributed by atoms with E-state index >= 15 is 0 Å². The first kappa shape index (κ1) is 22.0. The Morgan fingerprint density at radius 1 is 0.800 bits per heavy atom. The summed E-state index contributed by atoms with van der Waals surface area (Å²) in [6.45, 7) is 7.64. The number of hydrogen-bond donors (Lipinski definition) is 2. The molecular formula is C21H39N3O. The number of rotatable bonds is 2. The van der Waals surface area contributed by atoms with E-state index in [0.29, 0.717) is 6.04 Å². The largest absolute Gasteiger partial charge is 0.369 e. The van der Waals surface area contributed by atoms with Gasteiger partial charge in [-0.3, -0.25) is 4.79 Å². The highest BCUT2D eigenvalue weighted by Gasteiger charge is 2.17. The predicted molar refractivity (Wildman–Crippen MR) is 105 cm³/mol. The van der Waals surface area contributed by atoms with Gasteiger partial charge in [-0.15, -0.1) is 0 Å². The molecule has 3 fully saturated rings. The Hall–Kier alpha value is -1.08. The molecule has 0 saturated heterocycles. The van der Waals surface area contributed by atoms with Crippen LogP contribution in [-0.2, 0) is 4.79 Å². The van der Waals surface area contributed by atoms with Gasteiger partial charge in [0.05, 0.1) is 0 Å². The van der Waals surface area contributed by atoms with E-state index in [4.69, 9.17) is 18.0 Å². The van der Waals surface area contributed by atoms with Crippen molar-refractivity contribution < 1.29 is 4.79 Å². The number of amides is 1. The molecule has 4 heteroatoms. The Balaban J connectivity index is 0.000000188. The third-order valence-electron chi connectivity index (χ3n) is 5.82. The van der Waals surface area contributed by atoms with Crippen molar-refractivity contribution in [2.24, 2.45) is 23.3 Å². The Kier molecular flexibility index (Phi) is 12.4. The SMILES string of the molecule is NC(=O)C1CCCCC1.NCC1CCCCC1.[C-]#[N+]C1CCCCC1. The predicted octanol–water partition coefficient (Wildman–Crippen LogP) is 4.82. The van der Waals surface area contributed by atoms with Crippen LogP contribution in [0.1, 0.15) is 96.3 Å². The molecule has 3 aliphatic carbocycles. The van der Waals surface area contributed by atoms with Crippen molar-refractivity contribution in [1.82, 2.24) is 0 Å². The fourth-order valence-corrected chi connectivity index (χ4v) is 4.02. The van der Waals surface area contributed by atoms with Gasteiger partial charge in [0, 0.05) is 18.8 Å². The third-order valence-corrected chi connectivity index (χ3v) is 5.82. The number of carbonyl (C=O) groups is 1. The van der Waals surface area contributed by atoms with E-state index in [1.54, 1.807) is 0 Å². The minimum Gasteiger partial charge on any atom is -0.369 e. The second-order valence-corrected chi connectivity index (χ2v) is 7.90. The van der Waals surface area contributed by atoms with Gasteiger partial charge in [-0.25, -0.2) is 6.57 Å². The van der Waals surface area contributed by atoms with Gasteiger partial charge in [0.1, 0.15) is 0 Å². The topological polar surface area (TPSA) is 73.5 Å². The highest BCUT2D eigenvalue weighted by atomic mass is 16.1. The minimum atomic E-state index is -0.102. The van der Waals surface area contributed by atoms with E-state index in [2.05, 4.69) is 4.85 Å². The van der Waals surface area contributed by atoms with Crippen LogP contribution >= 0.6 is 0 Å². The average Bonchev–Trinajstić information content (AvgIpc) is 2.71. The molecule has 0 aromatic rings. The maximum atomic E-state index is 10.6. The van der Waals surface area contributed by atoms with Crippen molar-refractivity contribution in [1.29, 1.82) is 0 Å². The molecule has 0 atom stereocenters. The Labute approximate surface area is 154 Å². The minimum absolute atomic E-state index is 0.102. The van der Waals surface area contributed by atoms with E-state index in [-0.39, 0.29) is 11.8 Å². The van der Waals surface area contributed by atoms with Crippen LogP contribution in [0.3, 0.4) is 0 Å². The van der Waals surface area contributed by atoms with Gasteiger partial charge >= 0.3 is 0 Å². The molecular weight excluding hydrogens is 310 g/mol. The summed E-state index contributed by atoms with van der Waals surface area (Å²) in [5.74, 6) is 0.956. The first-order chi connectivity index (χ1) is 12.2. The second kappa shape index (κ2) is 14.1. The fraction of sp³-hybridized carbons (Fsp3) is 0.905. The van der Waals surface area contributed by atoms with E-state index in [0.717, 1.165) is 38.1 Å². The van der Waals surface area contributed by atoms with Gasteiger partial charge in [0.25, 0.3) is 0 Å². The fourth-order valence-electron chi connectivity index (χ4n) is 4.02. The monoisotopic (exact) mass is 349 g/mol. The van der Waals surface area contributed by atoms with E-state index in [1.165, 1.54) is 70.6 Å². The number of nitrogens with zero attached hydrogens (tertiary/aromatic N) is 1. The van der Waals surface area contributed by atoms with Crippen LogP contribution < -0.4 is 11.5 Å². The van der Waals surface area contributed by atoms with Crippen molar-refractivity contribution in [2.45, 2.75) is 102 Å². The summed E-state index contributed by atoms with van der Waals surface area (Å²) in [4.78, 5) is 14.1. The van der Waals surface area contributed by atoms with Crippen LogP contribution in [0.4, 0.5) is 0 Å². The van der Waals surface area contributed by atoms with Gasteiger partial charge in [0.15, 0.2) is 0 Å². The summed E-state index contributed by atoms with van der Waals surface area (Å²) in [6.07, 6.45) is 19.0. The quantitative estimate of drug-likeness (QED) is 0.702. The summed E-state index contributed by atoms with van der Waals surface area (Å²) < 4.78 is 0. The lowest BCUT2D eigenvalue weighted by Crippen LogP contribution is -2.24. The normalized spacial score (nSPS) is 22.6. The molecule has 0 aromatic heterocycles. The molecule has 0 spiro atoms. The van der Waals surface area contributed by atoms with Crippen molar-refractivity contribution in [3.63, 3.8) is 0 Å². The standard InChI is InChI=1S/C7H13NO.C7H11N.C7H15N/c8-7(9)6-4-2-1-3-5-6;1-8-7-5-3-2-4-6-7;8-6-7-4-2-1-3-5-7/h6H,1-5H2,(H2,8,9);7H,2-6H2;7H,1-6,8H2. The van der Waals surface area contributed by atoms with E-state index in [1.807, 2.05) is 0 Å². The molecule has 0 aromatic carbocycles. The third kappa shape index (κ3) is 10.5. The Bertz CT molecular complexity index is 373. The molecule has 144 valence electrons. The smallest absolute Gasteiger partial charge is 0.223 e. The number of nitrogens with two attached hydrogens (primary N) is 2. The van der Waals surface area contributed by atoms with Crippen molar-refractivity contribution in [2.75, 3.05) is 6.54 Å². The molecule has 4 nitrogen and oxygen atoms in total. The first-order valence-corrected chi connectivity index (χ1v) is 10.5. The second-order valence-electron chi connectivity index (χ2n) is 7.90. The molecule has 3 aliphatic rings. The van der Waals surface area contributed by atoms with Gasteiger partial charge in [-0.1, -0.05) is 44.9 Å². The molecule has 0 bridgehead atoms. The molecule has 0 unspecified atom stereocenters. The summed E-state index contributed by atoms with van der Waals surface area (Å²) in [6, 6.07) is 0.378. The summed E-state index contributed by atoms with van der Waals surface area (Å²) in [5, 5.41) is 0. The van der Waals surface area contributed by atoms with Crippen LogP contribution in [0.5, 0.6) is 0 Å². The average molecular weight is 350 g/mol. The molecule has 0 radical (unpaired) electrons. The number of carbonyl (C=O) groups excluding carboxylic acids is 1. The molecule has 3 saturated carbocycles. The van der Waals surface area contributed by atoms with E-state index < -0.39 is 0 Å². The maximum Gasteiger partial charge on any atom is 0.223 e. The van der Waals surface area contributed by atoms with E-state index in [9.17, 15) is 4.79 Å². The molecule has 3 rings (SSSR count). The van der Waals surface area contributed by atoms with Crippen LogP contribution in [-0.4, -0.2) is 18.5 Å². The number of hydrogen-bond acceptors (Lipinski definition) is 2. The van der Waals surface area contributed by atoms with Crippen molar-refractivity contribution in [3.8, 4) is 0 Å². The lowest BCUT2D eigenvalue weighted by atomic mass is 9.89. The zero-order valence-corrected chi connectivity index (χ0v) is 16.1. The van der Waals surface area contributed by atoms with Crippen molar-refractivity contribution >= 4 is 5.91 Å². The summed E-state index contributed by atoms with van der Waals surface area (Å²) >= 11 is 0. The Morgan fingerprint density at radius 2 is 1.24 bits per heavy atom. The lowest BCUT2D eigenvalue weighted by molar-refractivity contribution is -0.122. The van der Waals surface area contributed by atoms with Crippen LogP contribution in [0.25, 0.3) is 4.85 Å². The highest BCUT2D eigenvalue weighted by molar-refractivity contribution is 5.76. The zero-order chi connectivity index (χ0) is 18.3. The molecule has 0 heterocycles. The van der Waals surface area contributed by atoms with Gasteiger partial charge in [-0.2, -0.15) is 0 Å². The highest BCUT2D eigenvalue weighted by Crippen LogP contribution is 2.23. The zero-order valence-electron chi connectivity index (χ0n) is 16.1. The molecule has 25 heavy (non-hydrogen) atoms. The number of primary amides is 1. The van der Waals surface area contributed by atoms with Gasteiger partial charge in [-0.05, 0) is 51.0 Å². The van der Waals surface area contributed by atoms with Crippen LogP contribution in [0.15, 0.2) is 0 Å². The lowest BCUT2D eigenvalue weighted by Gasteiger charge is -2.18. The van der Waals surface area contributed by atoms with Crippen molar-refractivity contribution in [3.05, 3.63) is 11.4 Å². The van der Waals surface area contributed by atoms with Gasteiger partial charge in [0.2, 0.25) is 11.9 Å². The molecule has 4 N–H and O–H groups in total. The first-order valence-electron chi connectivity index (χ1n) is 10.5. The Morgan fingerprint density at radius 3 is 1.52 bits per heavy atom. The van der Waals surface area contributed by atoms with Gasteiger partial charge < -0.3 is 16.3 Å². The maximum absolute atomic E-state index is 10.6. The van der Waals surface area contributed by atoms with Crippen LogP contribution in [0.2, 0.25) is 0 Å². The summed E-state index contributed by atoms with van der Waals surface area (Å²) in [5.41, 5.74) is 10.6. The molecule has 0 aliphatic heterocycles.